The minimum Gasteiger partial charge on any atom is -0.368 e. The summed E-state index contributed by atoms with van der Waals surface area (Å²) in [6.45, 7) is 5.15. The Balaban J connectivity index is 1.27. The monoisotopic (exact) mass is 568 g/mol. The minimum atomic E-state index is -0.222. The van der Waals surface area contributed by atoms with E-state index in [0.717, 1.165) is 83.2 Å². The summed E-state index contributed by atoms with van der Waals surface area (Å²) >= 11 is 0. The third-order valence-corrected chi connectivity index (χ3v) is 8.39. The topological polar surface area (TPSA) is 65.2 Å². The van der Waals surface area contributed by atoms with Gasteiger partial charge in [-0.2, -0.15) is 5.10 Å². The highest BCUT2D eigenvalue weighted by Crippen LogP contribution is 2.48. The number of piperazine rings is 1. The Hall–Kier alpha value is -5.31. The summed E-state index contributed by atoms with van der Waals surface area (Å²) in [5.74, 6) is 2.23. The summed E-state index contributed by atoms with van der Waals surface area (Å²) in [5.41, 5.74) is 6.92. The average Bonchev–Trinajstić information content (AvgIpc) is 3.40. The van der Waals surface area contributed by atoms with Crippen molar-refractivity contribution in [3.63, 3.8) is 0 Å². The van der Waals surface area contributed by atoms with E-state index in [1.54, 1.807) is 6.20 Å². The molecule has 0 aliphatic carbocycles. The molecule has 8 rings (SSSR count). The molecule has 1 saturated heterocycles. The van der Waals surface area contributed by atoms with Gasteiger partial charge >= 0.3 is 0 Å². The molecule has 0 unspecified atom stereocenters. The molecule has 212 valence electrons. The van der Waals surface area contributed by atoms with Gasteiger partial charge in [0, 0.05) is 49.8 Å². The van der Waals surface area contributed by atoms with Gasteiger partial charge in [0.2, 0.25) is 0 Å². The number of para-hydroxylation sites is 3. The van der Waals surface area contributed by atoms with E-state index in [9.17, 15) is 4.39 Å². The summed E-state index contributed by atoms with van der Waals surface area (Å²) in [6.07, 6.45) is 3.74. The molecular formula is C34H29FN8. The van der Waals surface area contributed by atoms with Gasteiger partial charge in [-0.25, -0.2) is 19.1 Å². The maximum Gasteiger partial charge on any atom is 0.179 e. The second-order valence-corrected chi connectivity index (χ2v) is 10.9. The van der Waals surface area contributed by atoms with Crippen molar-refractivity contribution in [3.8, 4) is 5.69 Å². The maximum absolute atomic E-state index is 13.6. The minimum absolute atomic E-state index is 0.194. The van der Waals surface area contributed by atoms with Crippen molar-refractivity contribution in [1.29, 1.82) is 0 Å². The van der Waals surface area contributed by atoms with Gasteiger partial charge in [-0.3, -0.25) is 4.98 Å². The zero-order valence-corrected chi connectivity index (χ0v) is 23.7. The van der Waals surface area contributed by atoms with E-state index >= 15 is 0 Å². The van der Waals surface area contributed by atoms with Crippen LogP contribution in [0.5, 0.6) is 0 Å². The number of benzene rings is 3. The number of aromatic nitrogens is 3. The molecule has 2 aromatic heterocycles. The van der Waals surface area contributed by atoms with Crippen LogP contribution in [0.2, 0.25) is 0 Å². The predicted octanol–water partition coefficient (Wildman–Crippen LogP) is 6.22. The number of rotatable bonds is 3. The van der Waals surface area contributed by atoms with E-state index in [1.165, 1.54) is 12.1 Å². The smallest absolute Gasteiger partial charge is 0.179 e. The van der Waals surface area contributed by atoms with Crippen LogP contribution in [-0.4, -0.2) is 57.5 Å². The molecule has 3 aromatic carbocycles. The van der Waals surface area contributed by atoms with Gasteiger partial charge in [0.05, 0.1) is 28.8 Å². The van der Waals surface area contributed by atoms with Crippen LogP contribution in [0, 0.1) is 12.7 Å². The number of halogens is 1. The number of aliphatic imine (C=N–C) groups is 2. The fraction of sp³-hybridized carbons (Fsp3) is 0.176. The number of hydrogen-bond acceptors (Lipinski definition) is 7. The molecule has 5 aromatic rings. The van der Waals surface area contributed by atoms with Crippen molar-refractivity contribution in [3.05, 3.63) is 126 Å². The average molecular weight is 569 g/mol. The summed E-state index contributed by atoms with van der Waals surface area (Å²) in [5, 5.41) is 5.02. The summed E-state index contributed by atoms with van der Waals surface area (Å²) in [6, 6.07) is 29.1. The number of amidine groups is 2. The lowest BCUT2D eigenvalue weighted by Gasteiger charge is -2.44. The zero-order chi connectivity index (χ0) is 28.9. The molecule has 8 nitrogen and oxygen atoms in total. The quantitative estimate of drug-likeness (QED) is 0.259. The highest BCUT2D eigenvalue weighted by atomic mass is 19.1. The van der Waals surface area contributed by atoms with Gasteiger partial charge in [-0.1, -0.05) is 36.4 Å². The number of nitrogens with zero attached hydrogens (tertiary/aromatic N) is 8. The standard InChI is InChI=1S/C34H29FN8/c1-23-30-31(24-8-7-17-36-22-24)42-29-12-6-5-11-28(29)37-33(34(42)38-32(30)43(39-23)27-9-3-2-4-10-27)41-20-18-40(19-21-41)26-15-13-25(35)14-16-26/h2-17,22,31H,18-21H2,1H3/t31-/m0/s1. The van der Waals surface area contributed by atoms with Crippen LogP contribution in [0.15, 0.2) is 113 Å². The normalized spacial score (nSPS) is 17.5. The molecule has 3 aliphatic rings. The van der Waals surface area contributed by atoms with Crippen molar-refractivity contribution in [2.75, 3.05) is 36.0 Å². The molecule has 0 bridgehead atoms. The van der Waals surface area contributed by atoms with Crippen molar-refractivity contribution in [1.82, 2.24) is 19.7 Å². The first-order valence-corrected chi connectivity index (χ1v) is 14.5. The van der Waals surface area contributed by atoms with Gasteiger partial charge in [0.1, 0.15) is 5.82 Å². The number of anilines is 2. The molecular weight excluding hydrogens is 539 g/mol. The number of pyridine rings is 1. The first-order chi connectivity index (χ1) is 21.2. The lowest BCUT2D eigenvalue weighted by atomic mass is 9.94. The van der Waals surface area contributed by atoms with Crippen molar-refractivity contribution < 1.29 is 4.39 Å². The van der Waals surface area contributed by atoms with Gasteiger partial charge in [-0.05, 0) is 67.1 Å². The molecule has 3 aliphatic heterocycles. The lowest BCUT2D eigenvalue weighted by Crippen LogP contribution is -2.55. The van der Waals surface area contributed by atoms with Gasteiger partial charge < -0.3 is 14.7 Å². The van der Waals surface area contributed by atoms with Crippen LogP contribution < -0.4 is 9.80 Å². The van der Waals surface area contributed by atoms with E-state index in [1.807, 2.05) is 53.3 Å². The highest BCUT2D eigenvalue weighted by molar-refractivity contribution is 6.48. The Morgan fingerprint density at radius 3 is 2.23 bits per heavy atom. The van der Waals surface area contributed by atoms with E-state index in [-0.39, 0.29) is 11.9 Å². The summed E-state index contributed by atoms with van der Waals surface area (Å²) < 4.78 is 15.5. The molecule has 0 radical (unpaired) electrons. The Kier molecular flexibility index (Phi) is 6.03. The van der Waals surface area contributed by atoms with Gasteiger partial charge in [-0.15, -0.1) is 0 Å². The van der Waals surface area contributed by atoms with E-state index in [0.29, 0.717) is 0 Å². The summed E-state index contributed by atoms with van der Waals surface area (Å²) in [7, 11) is 0. The predicted molar refractivity (Wildman–Crippen MR) is 168 cm³/mol. The molecule has 5 heterocycles. The Morgan fingerprint density at radius 2 is 1.47 bits per heavy atom. The first-order valence-electron chi connectivity index (χ1n) is 14.5. The molecule has 0 amide bonds. The Morgan fingerprint density at radius 1 is 0.721 bits per heavy atom. The maximum atomic E-state index is 13.6. The van der Waals surface area contributed by atoms with Crippen LogP contribution in [-0.2, 0) is 0 Å². The van der Waals surface area contributed by atoms with Crippen LogP contribution in [0.25, 0.3) is 5.69 Å². The molecule has 43 heavy (non-hydrogen) atoms. The van der Waals surface area contributed by atoms with E-state index < -0.39 is 0 Å². The third kappa shape index (κ3) is 4.27. The number of hydrogen-bond donors (Lipinski definition) is 0. The fourth-order valence-electron chi connectivity index (χ4n) is 6.34. The molecule has 1 fully saturated rings. The molecule has 1 atom stereocenters. The number of fused-ring (bicyclic) bond motifs is 4. The van der Waals surface area contributed by atoms with Crippen molar-refractivity contribution in [2.45, 2.75) is 13.0 Å². The third-order valence-electron chi connectivity index (χ3n) is 8.39. The van der Waals surface area contributed by atoms with Crippen LogP contribution >= 0.6 is 0 Å². The lowest BCUT2D eigenvalue weighted by molar-refractivity contribution is 0.389. The molecule has 0 spiro atoms. The van der Waals surface area contributed by atoms with Crippen molar-refractivity contribution >= 4 is 34.6 Å². The largest absolute Gasteiger partial charge is 0.368 e. The molecule has 0 N–H and O–H groups in total. The molecule has 0 saturated carbocycles. The fourth-order valence-corrected chi connectivity index (χ4v) is 6.34. The van der Waals surface area contributed by atoms with E-state index in [4.69, 9.17) is 15.1 Å². The van der Waals surface area contributed by atoms with Crippen LogP contribution in [0.3, 0.4) is 0 Å². The molecule has 9 heteroatoms. The van der Waals surface area contributed by atoms with E-state index in [2.05, 4.69) is 63.0 Å². The van der Waals surface area contributed by atoms with Gasteiger partial charge in [0.15, 0.2) is 17.5 Å². The number of aryl methyl sites for hydroxylation is 1. The SMILES string of the molecule is Cc1nn(-c2ccccc2)c2c1[C@H](c1cccnc1)N1C(=N2)C(N2CCN(c3ccc(F)cc3)CC2)=Nc2ccccc21. The van der Waals surface area contributed by atoms with Crippen LogP contribution in [0.4, 0.5) is 27.3 Å². The summed E-state index contributed by atoms with van der Waals surface area (Å²) in [4.78, 5) is 22.0. The highest BCUT2D eigenvalue weighted by Gasteiger charge is 2.43. The second kappa shape index (κ2) is 10.2. The Bertz CT molecular complexity index is 1860. The Labute approximate surface area is 249 Å². The van der Waals surface area contributed by atoms with Crippen LogP contribution in [0.1, 0.15) is 22.9 Å². The van der Waals surface area contributed by atoms with Crippen molar-refractivity contribution in [2.24, 2.45) is 9.98 Å². The second-order valence-electron chi connectivity index (χ2n) is 10.9. The zero-order valence-electron chi connectivity index (χ0n) is 23.7. The van der Waals surface area contributed by atoms with Gasteiger partial charge in [0.25, 0.3) is 0 Å². The first kappa shape index (κ1) is 25.4.